The number of alkyl halides is 1. The summed E-state index contributed by atoms with van der Waals surface area (Å²) in [5, 5.41) is 10.6. The molecule has 1 amide bonds. The lowest BCUT2D eigenvalue weighted by Crippen LogP contribution is -2.49. The molecule has 1 fully saturated rings. The number of phenols is 1. The first-order chi connectivity index (χ1) is 9.55. The molecule has 0 aromatic heterocycles. The lowest BCUT2D eigenvalue weighted by molar-refractivity contribution is -0.0560. The number of carbonyl (C=O) groups is 1. The molecule has 6 heteroatoms. The van der Waals surface area contributed by atoms with Crippen LogP contribution in [0.15, 0.2) is 18.2 Å². The molecule has 2 rings (SSSR count). The summed E-state index contributed by atoms with van der Waals surface area (Å²) in [4.78, 5) is 14.2. The van der Waals surface area contributed by atoms with Crippen LogP contribution in [0, 0.1) is 0 Å². The molecule has 2 unspecified atom stereocenters. The van der Waals surface area contributed by atoms with Gasteiger partial charge in [-0.2, -0.15) is 0 Å². The Hall–Kier alpha value is -1.27. The SMILES string of the molecule is COc1ccc(C(=O)N2CC(C)OC(CBr)C2)c(O)c1. The molecule has 1 saturated heterocycles. The predicted molar refractivity (Wildman–Crippen MR) is 78.7 cm³/mol. The number of morpholine rings is 1. The summed E-state index contributed by atoms with van der Waals surface area (Å²) in [5.74, 6) is 0.267. The van der Waals surface area contributed by atoms with Crippen LogP contribution in [0.25, 0.3) is 0 Å². The van der Waals surface area contributed by atoms with Gasteiger partial charge in [0.05, 0.1) is 24.9 Å². The molecule has 2 atom stereocenters. The van der Waals surface area contributed by atoms with E-state index in [0.29, 0.717) is 24.2 Å². The van der Waals surface area contributed by atoms with Crippen molar-refractivity contribution >= 4 is 21.8 Å². The number of nitrogens with zero attached hydrogens (tertiary/aromatic N) is 1. The molecular weight excluding hydrogens is 326 g/mol. The van der Waals surface area contributed by atoms with Crippen molar-refractivity contribution in [2.24, 2.45) is 0 Å². The van der Waals surface area contributed by atoms with Gasteiger partial charge in [-0.3, -0.25) is 4.79 Å². The molecule has 1 heterocycles. The monoisotopic (exact) mass is 343 g/mol. The highest BCUT2D eigenvalue weighted by Gasteiger charge is 2.29. The van der Waals surface area contributed by atoms with E-state index < -0.39 is 0 Å². The van der Waals surface area contributed by atoms with Crippen molar-refractivity contribution in [1.29, 1.82) is 0 Å². The maximum absolute atomic E-state index is 12.5. The van der Waals surface area contributed by atoms with Gasteiger partial charge in [0.1, 0.15) is 11.5 Å². The molecule has 20 heavy (non-hydrogen) atoms. The van der Waals surface area contributed by atoms with Crippen LogP contribution in [0.1, 0.15) is 17.3 Å². The zero-order valence-corrected chi connectivity index (χ0v) is 13.1. The van der Waals surface area contributed by atoms with Crippen LogP contribution in [0.5, 0.6) is 11.5 Å². The third-order valence-corrected chi connectivity index (χ3v) is 3.94. The molecule has 1 aliphatic heterocycles. The Morgan fingerprint density at radius 2 is 2.30 bits per heavy atom. The van der Waals surface area contributed by atoms with Crippen molar-refractivity contribution in [3.63, 3.8) is 0 Å². The highest BCUT2D eigenvalue weighted by atomic mass is 79.9. The summed E-state index contributed by atoms with van der Waals surface area (Å²) < 4.78 is 10.7. The Labute approximate surface area is 126 Å². The third kappa shape index (κ3) is 3.24. The van der Waals surface area contributed by atoms with Gasteiger partial charge in [0.2, 0.25) is 0 Å². The van der Waals surface area contributed by atoms with E-state index in [0.717, 1.165) is 0 Å². The first-order valence-electron chi connectivity index (χ1n) is 6.42. The smallest absolute Gasteiger partial charge is 0.257 e. The van der Waals surface area contributed by atoms with Gasteiger partial charge in [0.25, 0.3) is 5.91 Å². The van der Waals surface area contributed by atoms with Crippen LogP contribution in [0.4, 0.5) is 0 Å². The Morgan fingerprint density at radius 1 is 1.55 bits per heavy atom. The largest absolute Gasteiger partial charge is 0.507 e. The Kier molecular flexibility index (Phi) is 4.88. The minimum atomic E-state index is -0.189. The first kappa shape index (κ1) is 15.1. The number of hydrogen-bond acceptors (Lipinski definition) is 4. The fourth-order valence-corrected chi connectivity index (χ4v) is 2.64. The second-order valence-electron chi connectivity index (χ2n) is 4.82. The zero-order valence-electron chi connectivity index (χ0n) is 11.5. The molecule has 0 aliphatic carbocycles. The summed E-state index contributed by atoms with van der Waals surface area (Å²) in [6, 6.07) is 4.69. The second-order valence-corrected chi connectivity index (χ2v) is 5.46. The molecule has 110 valence electrons. The molecule has 1 aliphatic rings. The van der Waals surface area contributed by atoms with E-state index in [1.54, 1.807) is 17.0 Å². The van der Waals surface area contributed by atoms with Crippen molar-refractivity contribution in [3.05, 3.63) is 23.8 Å². The van der Waals surface area contributed by atoms with Crippen molar-refractivity contribution in [3.8, 4) is 11.5 Å². The Bertz CT molecular complexity index is 494. The number of benzene rings is 1. The van der Waals surface area contributed by atoms with Gasteiger partial charge in [-0.25, -0.2) is 0 Å². The van der Waals surface area contributed by atoms with Crippen LogP contribution < -0.4 is 4.74 Å². The number of aromatic hydroxyl groups is 1. The lowest BCUT2D eigenvalue weighted by Gasteiger charge is -2.36. The number of amides is 1. The number of ether oxygens (including phenoxy) is 2. The van der Waals surface area contributed by atoms with E-state index >= 15 is 0 Å². The van der Waals surface area contributed by atoms with Crippen LogP contribution in [0.2, 0.25) is 0 Å². The second kappa shape index (κ2) is 6.45. The summed E-state index contributed by atoms with van der Waals surface area (Å²) in [5.41, 5.74) is 0.285. The summed E-state index contributed by atoms with van der Waals surface area (Å²) in [6.07, 6.45) is -0.0428. The number of carbonyl (C=O) groups excluding carboxylic acids is 1. The quantitative estimate of drug-likeness (QED) is 0.853. The maximum atomic E-state index is 12.5. The topological polar surface area (TPSA) is 59.0 Å². The lowest BCUT2D eigenvalue weighted by atomic mass is 10.1. The summed E-state index contributed by atoms with van der Waals surface area (Å²) in [7, 11) is 1.51. The number of halogens is 1. The number of methoxy groups -OCH3 is 1. The minimum Gasteiger partial charge on any atom is -0.507 e. The molecule has 5 nitrogen and oxygen atoms in total. The van der Waals surface area contributed by atoms with Gasteiger partial charge >= 0.3 is 0 Å². The fourth-order valence-electron chi connectivity index (χ4n) is 2.29. The number of rotatable bonds is 3. The molecule has 1 aromatic rings. The van der Waals surface area contributed by atoms with E-state index in [-0.39, 0.29) is 29.4 Å². The molecule has 1 aromatic carbocycles. The van der Waals surface area contributed by atoms with Crippen molar-refractivity contribution in [2.45, 2.75) is 19.1 Å². The van der Waals surface area contributed by atoms with Gasteiger partial charge in [-0.15, -0.1) is 0 Å². The summed E-state index contributed by atoms with van der Waals surface area (Å²) >= 11 is 3.38. The number of phenolic OH excluding ortho intramolecular Hbond substituents is 1. The van der Waals surface area contributed by atoms with Gasteiger partial charge < -0.3 is 19.5 Å². The average Bonchev–Trinajstić information content (AvgIpc) is 2.45. The van der Waals surface area contributed by atoms with E-state index in [9.17, 15) is 9.90 Å². The molecule has 0 bridgehead atoms. The zero-order chi connectivity index (χ0) is 14.7. The van der Waals surface area contributed by atoms with Crippen molar-refractivity contribution < 1.29 is 19.4 Å². The molecular formula is C14H18BrNO4. The highest BCUT2D eigenvalue weighted by molar-refractivity contribution is 9.09. The summed E-state index contributed by atoms with van der Waals surface area (Å²) in [6.45, 7) is 2.97. The predicted octanol–water partition coefficient (Wildman–Crippen LogP) is 2.03. The Balaban J connectivity index is 2.18. The van der Waals surface area contributed by atoms with Crippen LogP contribution >= 0.6 is 15.9 Å². The fraction of sp³-hybridized carbons (Fsp3) is 0.500. The van der Waals surface area contributed by atoms with E-state index in [2.05, 4.69) is 15.9 Å². The molecule has 0 saturated carbocycles. The molecule has 0 radical (unpaired) electrons. The van der Waals surface area contributed by atoms with Crippen molar-refractivity contribution in [2.75, 3.05) is 25.5 Å². The Morgan fingerprint density at radius 3 is 2.90 bits per heavy atom. The van der Waals surface area contributed by atoms with E-state index in [1.807, 2.05) is 6.92 Å². The minimum absolute atomic E-state index is 0.0179. The van der Waals surface area contributed by atoms with Crippen LogP contribution in [-0.2, 0) is 4.74 Å². The van der Waals surface area contributed by atoms with Gasteiger partial charge in [-0.05, 0) is 19.1 Å². The molecule has 1 N–H and O–H groups in total. The first-order valence-corrected chi connectivity index (χ1v) is 7.55. The van der Waals surface area contributed by atoms with Crippen LogP contribution in [0.3, 0.4) is 0 Å². The van der Waals surface area contributed by atoms with Crippen LogP contribution in [-0.4, -0.2) is 53.7 Å². The normalized spacial score (nSPS) is 22.6. The van der Waals surface area contributed by atoms with E-state index in [4.69, 9.17) is 9.47 Å². The highest BCUT2D eigenvalue weighted by Crippen LogP contribution is 2.26. The van der Waals surface area contributed by atoms with Gasteiger partial charge in [0.15, 0.2) is 0 Å². The average molecular weight is 344 g/mol. The van der Waals surface area contributed by atoms with E-state index in [1.165, 1.54) is 13.2 Å². The maximum Gasteiger partial charge on any atom is 0.257 e. The molecule has 0 spiro atoms. The number of hydrogen-bond donors (Lipinski definition) is 1. The van der Waals surface area contributed by atoms with Crippen molar-refractivity contribution in [1.82, 2.24) is 4.90 Å². The van der Waals surface area contributed by atoms with Gasteiger partial charge in [0, 0.05) is 24.5 Å². The van der Waals surface area contributed by atoms with Gasteiger partial charge in [-0.1, -0.05) is 15.9 Å². The third-order valence-electron chi connectivity index (χ3n) is 3.22. The standard InChI is InChI=1S/C14H18BrNO4/c1-9-7-16(8-11(6-15)20-9)14(18)12-4-3-10(19-2)5-13(12)17/h3-5,9,11,17H,6-8H2,1-2H3.